The van der Waals surface area contributed by atoms with Gasteiger partial charge in [-0.25, -0.2) is 5.48 Å². The number of hydrogen-bond donors (Lipinski definition) is 3. The number of rotatable bonds is 12. The van der Waals surface area contributed by atoms with E-state index in [1.54, 1.807) is 12.6 Å². The Kier molecular flexibility index (Phi) is 11.3. The summed E-state index contributed by atoms with van der Waals surface area (Å²) in [5.41, 5.74) is 4.73. The molecule has 3 amide bonds. The van der Waals surface area contributed by atoms with Crippen molar-refractivity contribution in [2.24, 2.45) is 17.8 Å². The van der Waals surface area contributed by atoms with E-state index in [1.165, 1.54) is 0 Å². The summed E-state index contributed by atoms with van der Waals surface area (Å²) in [5, 5.41) is 12.3. The van der Waals surface area contributed by atoms with Gasteiger partial charge in [0.2, 0.25) is 17.7 Å². The molecule has 2 unspecified atom stereocenters. The SMILES string of the molecule is CCCC(C(=O)NO)C(CC(C)C)C(=O)N[C@H]1CCCCN(Cc2cccc(-c3ccccc3OC)c2)C1=O. The molecule has 1 heterocycles. The van der Waals surface area contributed by atoms with Crippen LogP contribution in [0.15, 0.2) is 48.5 Å². The number of amides is 3. The van der Waals surface area contributed by atoms with Gasteiger partial charge < -0.3 is 15.0 Å². The number of hydrogen-bond acceptors (Lipinski definition) is 5. The molecule has 3 N–H and O–H groups in total. The van der Waals surface area contributed by atoms with Crippen molar-refractivity contribution in [3.05, 3.63) is 54.1 Å². The zero-order valence-corrected chi connectivity index (χ0v) is 23.6. The molecule has 0 radical (unpaired) electrons. The molecule has 1 saturated heterocycles. The molecule has 1 fully saturated rings. The summed E-state index contributed by atoms with van der Waals surface area (Å²) in [7, 11) is 1.65. The highest BCUT2D eigenvalue weighted by Gasteiger charge is 2.36. The van der Waals surface area contributed by atoms with E-state index < -0.39 is 23.8 Å². The zero-order chi connectivity index (χ0) is 28.4. The van der Waals surface area contributed by atoms with Gasteiger partial charge >= 0.3 is 0 Å². The van der Waals surface area contributed by atoms with E-state index in [0.29, 0.717) is 38.8 Å². The van der Waals surface area contributed by atoms with E-state index in [9.17, 15) is 19.6 Å². The normalized spacial score (nSPS) is 17.3. The van der Waals surface area contributed by atoms with Crippen LogP contribution in [0.3, 0.4) is 0 Å². The van der Waals surface area contributed by atoms with Crippen molar-refractivity contribution < 1.29 is 24.3 Å². The summed E-state index contributed by atoms with van der Waals surface area (Å²) in [6.45, 7) is 6.99. The van der Waals surface area contributed by atoms with Crippen molar-refractivity contribution in [1.29, 1.82) is 0 Å². The van der Waals surface area contributed by atoms with Crippen molar-refractivity contribution in [3.63, 3.8) is 0 Å². The summed E-state index contributed by atoms with van der Waals surface area (Å²) in [6.07, 6.45) is 3.89. The van der Waals surface area contributed by atoms with Gasteiger partial charge in [0.25, 0.3) is 0 Å². The molecular weight excluding hydrogens is 494 g/mol. The molecule has 212 valence electrons. The van der Waals surface area contributed by atoms with Crippen molar-refractivity contribution in [3.8, 4) is 16.9 Å². The Morgan fingerprint density at radius 1 is 1.08 bits per heavy atom. The molecule has 39 heavy (non-hydrogen) atoms. The van der Waals surface area contributed by atoms with E-state index in [-0.39, 0.29) is 17.7 Å². The van der Waals surface area contributed by atoms with E-state index in [4.69, 9.17) is 4.74 Å². The van der Waals surface area contributed by atoms with Gasteiger partial charge in [0.05, 0.1) is 13.0 Å². The maximum absolute atomic E-state index is 13.6. The topological polar surface area (TPSA) is 108 Å². The monoisotopic (exact) mass is 537 g/mol. The highest BCUT2D eigenvalue weighted by Crippen LogP contribution is 2.31. The summed E-state index contributed by atoms with van der Waals surface area (Å²) >= 11 is 0. The van der Waals surface area contributed by atoms with Crippen molar-refractivity contribution in [2.45, 2.75) is 71.9 Å². The fourth-order valence-electron chi connectivity index (χ4n) is 5.49. The third-order valence-electron chi connectivity index (χ3n) is 7.41. The van der Waals surface area contributed by atoms with Crippen LogP contribution in [0.25, 0.3) is 11.1 Å². The number of nitrogens with one attached hydrogen (secondary N) is 2. The van der Waals surface area contributed by atoms with Crippen LogP contribution >= 0.6 is 0 Å². The highest BCUT2D eigenvalue weighted by atomic mass is 16.5. The minimum absolute atomic E-state index is 0.106. The van der Waals surface area contributed by atoms with E-state index >= 15 is 0 Å². The van der Waals surface area contributed by atoms with Gasteiger partial charge in [-0.3, -0.25) is 19.6 Å². The number of para-hydroxylation sites is 1. The first kappa shape index (κ1) is 30.2. The minimum atomic E-state index is -0.655. The minimum Gasteiger partial charge on any atom is -0.496 e. The maximum Gasteiger partial charge on any atom is 0.247 e. The van der Waals surface area contributed by atoms with Gasteiger partial charge in [0.15, 0.2) is 0 Å². The van der Waals surface area contributed by atoms with Crippen LogP contribution in [-0.2, 0) is 20.9 Å². The smallest absolute Gasteiger partial charge is 0.247 e. The molecule has 3 atom stereocenters. The number of likely N-dealkylation sites (tertiary alicyclic amines) is 1. The lowest BCUT2D eigenvalue weighted by atomic mass is 9.81. The van der Waals surface area contributed by atoms with E-state index in [1.807, 2.05) is 68.1 Å². The summed E-state index contributed by atoms with van der Waals surface area (Å²) in [6, 6.07) is 15.3. The molecule has 0 aromatic heterocycles. The molecule has 2 aromatic carbocycles. The Morgan fingerprint density at radius 3 is 2.54 bits per heavy atom. The quantitative estimate of drug-likeness (QED) is 0.262. The third kappa shape index (κ3) is 8.05. The van der Waals surface area contributed by atoms with Crippen LogP contribution in [0.1, 0.15) is 64.9 Å². The van der Waals surface area contributed by atoms with Crippen LogP contribution in [0.4, 0.5) is 0 Å². The van der Waals surface area contributed by atoms with Crippen molar-refractivity contribution >= 4 is 17.7 Å². The molecule has 8 nitrogen and oxygen atoms in total. The molecule has 1 aliphatic rings. The van der Waals surface area contributed by atoms with E-state index in [2.05, 4.69) is 11.4 Å². The van der Waals surface area contributed by atoms with Crippen LogP contribution < -0.4 is 15.5 Å². The Morgan fingerprint density at radius 2 is 1.85 bits per heavy atom. The molecule has 0 saturated carbocycles. The molecule has 1 aliphatic heterocycles. The van der Waals surface area contributed by atoms with Crippen LogP contribution in [-0.4, -0.2) is 47.5 Å². The van der Waals surface area contributed by atoms with E-state index in [0.717, 1.165) is 35.3 Å². The zero-order valence-electron chi connectivity index (χ0n) is 23.6. The lowest BCUT2D eigenvalue weighted by Gasteiger charge is -2.29. The van der Waals surface area contributed by atoms with Crippen LogP contribution in [0.2, 0.25) is 0 Å². The average molecular weight is 538 g/mol. The second-order valence-corrected chi connectivity index (χ2v) is 10.8. The fraction of sp³-hybridized carbons (Fsp3) is 0.516. The Labute approximate surface area is 232 Å². The molecule has 3 rings (SSSR count). The standard InChI is InChI=1S/C31H43N3O5/c1-5-11-25(30(36)33-38)26(18-21(2)3)29(35)32-27-15-8-9-17-34(31(27)37)20-22-12-10-13-23(19-22)24-14-6-7-16-28(24)39-4/h6-7,10,12-14,16,19,21,25-27,38H,5,8-9,11,15,17-18,20H2,1-4H3,(H,32,35)(H,33,36)/t25?,26?,27-/m0/s1. The lowest BCUT2D eigenvalue weighted by Crippen LogP contribution is -2.51. The lowest BCUT2D eigenvalue weighted by molar-refractivity contribution is -0.143. The Balaban J connectivity index is 1.78. The van der Waals surface area contributed by atoms with Crippen molar-refractivity contribution in [2.75, 3.05) is 13.7 Å². The number of methoxy groups -OCH3 is 1. The van der Waals surface area contributed by atoms with Gasteiger partial charge in [-0.05, 0) is 61.3 Å². The summed E-state index contributed by atoms with van der Waals surface area (Å²) < 4.78 is 5.53. The first-order chi connectivity index (χ1) is 18.8. The van der Waals surface area contributed by atoms with Gasteiger partial charge in [-0.15, -0.1) is 0 Å². The Bertz CT molecular complexity index is 1120. The summed E-state index contributed by atoms with van der Waals surface area (Å²) in [4.78, 5) is 41.4. The number of benzene rings is 2. The number of carbonyl (C=O) groups is 3. The predicted octanol–water partition coefficient (Wildman–Crippen LogP) is 4.94. The Hall–Kier alpha value is -3.39. The molecule has 0 aliphatic carbocycles. The maximum atomic E-state index is 13.6. The molecule has 0 spiro atoms. The van der Waals surface area contributed by atoms with Gasteiger partial charge in [0.1, 0.15) is 11.8 Å². The molecule has 8 heteroatoms. The first-order valence-corrected chi connectivity index (χ1v) is 14.0. The fourth-order valence-corrected chi connectivity index (χ4v) is 5.49. The highest BCUT2D eigenvalue weighted by molar-refractivity contribution is 5.91. The van der Waals surface area contributed by atoms with Crippen LogP contribution in [0, 0.1) is 17.8 Å². The van der Waals surface area contributed by atoms with Crippen LogP contribution in [0.5, 0.6) is 5.75 Å². The largest absolute Gasteiger partial charge is 0.496 e. The first-order valence-electron chi connectivity index (χ1n) is 14.0. The number of hydroxylamine groups is 1. The molecular formula is C31H43N3O5. The second-order valence-electron chi connectivity index (χ2n) is 10.8. The number of carbonyl (C=O) groups excluding carboxylic acids is 3. The van der Waals surface area contributed by atoms with Gasteiger partial charge in [-0.1, -0.05) is 63.6 Å². The number of nitrogens with zero attached hydrogens (tertiary/aromatic N) is 1. The molecule has 0 bridgehead atoms. The predicted molar refractivity (Wildman–Crippen MR) is 151 cm³/mol. The summed E-state index contributed by atoms with van der Waals surface area (Å²) in [5.74, 6) is -1.29. The van der Waals surface area contributed by atoms with Gasteiger partial charge in [0, 0.05) is 24.6 Å². The third-order valence-corrected chi connectivity index (χ3v) is 7.41. The number of ether oxygens (including phenoxy) is 1. The van der Waals surface area contributed by atoms with Crippen molar-refractivity contribution in [1.82, 2.24) is 15.7 Å². The van der Waals surface area contributed by atoms with Gasteiger partial charge in [-0.2, -0.15) is 0 Å². The average Bonchev–Trinajstić information content (AvgIpc) is 3.10. The second kappa shape index (κ2) is 14.7. The molecule has 2 aromatic rings.